The molecule has 0 saturated heterocycles. The minimum Gasteiger partial charge on any atom is -0.410 e. The van der Waals surface area contributed by atoms with E-state index >= 15 is 0 Å². The molecule has 2 N–H and O–H groups in total. The average Bonchev–Trinajstić information content (AvgIpc) is 3.17. The molecule has 0 fully saturated rings. The summed E-state index contributed by atoms with van der Waals surface area (Å²) in [7, 11) is 0. The van der Waals surface area contributed by atoms with E-state index in [9.17, 15) is 9.59 Å². The van der Waals surface area contributed by atoms with Crippen LogP contribution < -0.4 is 15.4 Å². The predicted molar refractivity (Wildman–Crippen MR) is 222 cm³/mol. The van der Waals surface area contributed by atoms with Gasteiger partial charge in [-0.25, -0.2) is 4.79 Å². The van der Waals surface area contributed by atoms with Crippen molar-refractivity contribution in [3.63, 3.8) is 0 Å². The van der Waals surface area contributed by atoms with E-state index < -0.39 is 6.09 Å². The normalized spacial score (nSPS) is 11.1. The van der Waals surface area contributed by atoms with Gasteiger partial charge in [0, 0.05) is 32.6 Å². The Bertz CT molecular complexity index is 1290. The van der Waals surface area contributed by atoms with Crippen molar-refractivity contribution in [1.29, 1.82) is 0 Å². The number of carbonyl (C=O) groups is 2. The van der Waals surface area contributed by atoms with Gasteiger partial charge in [0.05, 0.1) is 0 Å². The van der Waals surface area contributed by atoms with E-state index in [-0.39, 0.29) is 5.91 Å². The third-order valence-corrected chi connectivity index (χ3v) is 10.1. The summed E-state index contributed by atoms with van der Waals surface area (Å²) < 4.78 is 5.64. The topological polar surface area (TPSA) is 70.7 Å². The Labute approximate surface area is 322 Å². The van der Waals surface area contributed by atoms with Crippen molar-refractivity contribution < 1.29 is 14.3 Å². The van der Waals surface area contributed by atoms with Gasteiger partial charge in [0.15, 0.2) is 0 Å². The molecule has 53 heavy (non-hydrogen) atoms. The van der Waals surface area contributed by atoms with Crippen molar-refractivity contribution in [2.45, 2.75) is 155 Å². The lowest BCUT2D eigenvalue weighted by Gasteiger charge is -2.22. The number of amides is 2. The number of nitrogens with zero attached hydrogens (tertiary/aromatic N) is 1. The maximum absolute atomic E-state index is 12.6. The Balaban J connectivity index is 1.19. The third kappa shape index (κ3) is 22.2. The van der Waals surface area contributed by atoms with Gasteiger partial charge < -0.3 is 15.4 Å². The molecular formula is C47H71N3O3. The van der Waals surface area contributed by atoms with E-state index in [4.69, 9.17) is 4.74 Å². The molecule has 0 spiro atoms. The van der Waals surface area contributed by atoms with Gasteiger partial charge in [-0.2, -0.15) is 0 Å². The highest BCUT2D eigenvalue weighted by molar-refractivity contribution is 5.76. The Hall–Kier alpha value is -3.64. The first-order chi connectivity index (χ1) is 26.1. The van der Waals surface area contributed by atoms with Crippen LogP contribution in [0.2, 0.25) is 0 Å². The number of rotatable bonds is 31. The summed E-state index contributed by atoms with van der Waals surface area (Å²) >= 11 is 0. The second kappa shape index (κ2) is 29.8. The smallest absolute Gasteiger partial charge is 0.410 e. The van der Waals surface area contributed by atoms with Crippen molar-refractivity contribution >= 4 is 12.0 Å². The largest absolute Gasteiger partial charge is 0.412 e. The molecule has 3 aromatic rings. The van der Waals surface area contributed by atoms with Gasteiger partial charge >= 0.3 is 6.09 Å². The molecule has 0 unspecified atom stereocenters. The van der Waals surface area contributed by atoms with Crippen molar-refractivity contribution in [3.05, 3.63) is 102 Å². The van der Waals surface area contributed by atoms with Crippen molar-refractivity contribution in [2.75, 3.05) is 19.6 Å². The quantitative estimate of drug-likeness (QED) is 0.0648. The fraction of sp³-hybridized carbons (Fsp3) is 0.574. The van der Waals surface area contributed by atoms with Crippen LogP contribution in [0.5, 0.6) is 5.75 Å². The molecule has 0 saturated carbocycles. The van der Waals surface area contributed by atoms with E-state index in [1.165, 1.54) is 101 Å². The summed E-state index contributed by atoms with van der Waals surface area (Å²) in [4.78, 5) is 27.6. The summed E-state index contributed by atoms with van der Waals surface area (Å²) in [6.07, 6.45) is 24.9. The number of carbonyl (C=O) groups excluding carboxylic acids is 2. The lowest BCUT2D eigenvalue weighted by atomic mass is 10.0. The van der Waals surface area contributed by atoms with Crippen molar-refractivity contribution in [1.82, 2.24) is 15.5 Å². The van der Waals surface area contributed by atoms with Crippen LogP contribution in [0.4, 0.5) is 4.79 Å². The zero-order valence-corrected chi connectivity index (χ0v) is 33.1. The Morgan fingerprint density at radius 1 is 0.528 bits per heavy atom. The van der Waals surface area contributed by atoms with Gasteiger partial charge in [0.1, 0.15) is 5.75 Å². The van der Waals surface area contributed by atoms with E-state index in [2.05, 4.69) is 83.1 Å². The molecule has 6 nitrogen and oxygen atoms in total. The molecule has 0 aliphatic heterocycles. The number of para-hydroxylation sites is 1. The molecule has 2 amide bonds. The van der Waals surface area contributed by atoms with E-state index in [0.717, 1.165) is 57.3 Å². The molecular weight excluding hydrogens is 655 g/mol. The van der Waals surface area contributed by atoms with E-state index in [1.54, 1.807) is 6.07 Å². The molecule has 0 radical (unpaired) electrons. The highest BCUT2D eigenvalue weighted by Crippen LogP contribution is 2.20. The average molecular weight is 726 g/mol. The highest BCUT2D eigenvalue weighted by atomic mass is 16.6. The molecule has 3 rings (SSSR count). The number of aryl methyl sites for hydroxylation is 1. The molecule has 292 valence electrons. The molecule has 0 aliphatic carbocycles. The minimum absolute atomic E-state index is 0.0301. The summed E-state index contributed by atoms with van der Waals surface area (Å²) in [5.74, 6) is 0.558. The predicted octanol–water partition coefficient (Wildman–Crippen LogP) is 12.0. The highest BCUT2D eigenvalue weighted by Gasteiger charge is 2.11. The summed E-state index contributed by atoms with van der Waals surface area (Å²) in [6.45, 7) is 6.46. The second-order valence-corrected chi connectivity index (χ2v) is 14.8. The zero-order chi connectivity index (χ0) is 37.4. The fourth-order valence-electron chi connectivity index (χ4n) is 6.91. The zero-order valence-electron chi connectivity index (χ0n) is 33.1. The van der Waals surface area contributed by atoms with Gasteiger partial charge in [0.25, 0.3) is 0 Å². The van der Waals surface area contributed by atoms with Crippen LogP contribution >= 0.6 is 0 Å². The monoisotopic (exact) mass is 726 g/mol. The standard InChI is InChI=1S/C47H71N3O3/c1-2-3-4-5-6-7-8-9-10-11-12-13-14-15-16-26-38-49-47(52)53-45-34-25-24-33-44(45)35-36-46(51)48-37-27-19-28-39-50(40-42-29-20-17-21-30-42)41-43-31-22-18-23-32-43/h17-18,20-25,29-34H,2-16,19,26-28,35-41H2,1H3,(H,48,51)(H,49,52). The third-order valence-electron chi connectivity index (χ3n) is 10.1. The van der Waals surface area contributed by atoms with Crippen molar-refractivity contribution in [2.24, 2.45) is 0 Å². The van der Waals surface area contributed by atoms with Crippen LogP contribution in [-0.2, 0) is 24.3 Å². The van der Waals surface area contributed by atoms with Crippen LogP contribution in [0.15, 0.2) is 84.9 Å². The first-order valence-corrected chi connectivity index (χ1v) is 21.2. The number of ether oxygens (including phenoxy) is 1. The number of nitrogens with one attached hydrogen (secondary N) is 2. The van der Waals surface area contributed by atoms with Crippen LogP contribution in [0.1, 0.15) is 152 Å². The van der Waals surface area contributed by atoms with Gasteiger partial charge in [-0.1, -0.05) is 189 Å². The summed E-state index contributed by atoms with van der Waals surface area (Å²) in [5.41, 5.74) is 3.53. The van der Waals surface area contributed by atoms with Gasteiger partial charge in [-0.05, 0) is 55.0 Å². The molecule has 0 bridgehead atoms. The lowest BCUT2D eigenvalue weighted by molar-refractivity contribution is -0.121. The maximum atomic E-state index is 12.6. The number of benzene rings is 3. The van der Waals surface area contributed by atoms with Crippen molar-refractivity contribution in [3.8, 4) is 5.75 Å². The first kappa shape index (κ1) is 43.8. The molecule has 3 aromatic carbocycles. The summed E-state index contributed by atoms with van der Waals surface area (Å²) in [6, 6.07) is 28.8. The molecule has 0 aliphatic rings. The Kier molecular flexibility index (Phi) is 24.6. The SMILES string of the molecule is CCCCCCCCCCCCCCCCCCNC(=O)Oc1ccccc1CCC(=O)NCCCCCN(Cc1ccccc1)Cc1ccccc1. The molecule has 0 atom stereocenters. The summed E-state index contributed by atoms with van der Waals surface area (Å²) in [5, 5.41) is 5.99. The first-order valence-electron chi connectivity index (χ1n) is 21.2. The second-order valence-electron chi connectivity index (χ2n) is 14.8. The number of hydrogen-bond acceptors (Lipinski definition) is 4. The Morgan fingerprint density at radius 2 is 0.981 bits per heavy atom. The minimum atomic E-state index is -0.422. The van der Waals surface area contributed by atoms with Crippen LogP contribution in [0.3, 0.4) is 0 Å². The van der Waals surface area contributed by atoms with Gasteiger partial charge in [-0.15, -0.1) is 0 Å². The Morgan fingerprint density at radius 3 is 1.53 bits per heavy atom. The van der Waals surface area contributed by atoms with E-state index in [0.29, 0.717) is 31.7 Å². The number of unbranched alkanes of at least 4 members (excludes halogenated alkanes) is 17. The van der Waals surface area contributed by atoms with Gasteiger partial charge in [-0.3, -0.25) is 9.69 Å². The van der Waals surface area contributed by atoms with Crippen LogP contribution in [0.25, 0.3) is 0 Å². The van der Waals surface area contributed by atoms with Crippen LogP contribution in [0, 0.1) is 0 Å². The fourth-order valence-corrected chi connectivity index (χ4v) is 6.91. The maximum Gasteiger partial charge on any atom is 0.412 e. The van der Waals surface area contributed by atoms with Crippen LogP contribution in [-0.4, -0.2) is 36.5 Å². The number of hydrogen-bond donors (Lipinski definition) is 2. The molecule has 0 aromatic heterocycles. The molecule has 0 heterocycles. The van der Waals surface area contributed by atoms with Gasteiger partial charge in [0.2, 0.25) is 5.91 Å². The molecule has 6 heteroatoms. The van der Waals surface area contributed by atoms with E-state index in [1.807, 2.05) is 18.2 Å². The lowest BCUT2D eigenvalue weighted by Crippen LogP contribution is -2.28.